The first kappa shape index (κ1) is 14.9. The van der Waals surface area contributed by atoms with Crippen molar-refractivity contribution < 1.29 is 14.3 Å². The van der Waals surface area contributed by atoms with Gasteiger partial charge in [-0.25, -0.2) is 0 Å². The van der Waals surface area contributed by atoms with Crippen molar-refractivity contribution >= 4 is 19.6 Å². The molecule has 3 rings (SSSR count). The molecule has 1 saturated heterocycles. The van der Waals surface area contributed by atoms with Crippen LogP contribution in [0.4, 0.5) is 0 Å². The molecule has 0 radical (unpaired) electrons. The summed E-state index contributed by atoms with van der Waals surface area (Å²) in [6.07, 6.45) is 3.10. The van der Waals surface area contributed by atoms with E-state index in [1.54, 1.807) is 14.2 Å². The Hall–Kier alpha value is -1.03. The number of hydrogen-bond donors (Lipinski definition) is 0. The van der Waals surface area contributed by atoms with Gasteiger partial charge in [-0.2, -0.15) is 0 Å². The monoisotopic (exact) mass is 355 g/mol. The van der Waals surface area contributed by atoms with Crippen molar-refractivity contribution in [2.45, 2.75) is 37.2 Å². The number of benzene rings is 1. The summed E-state index contributed by atoms with van der Waals surface area (Å²) in [5, 5.41) is 0. The van der Waals surface area contributed by atoms with E-state index >= 15 is 0 Å². The van der Waals surface area contributed by atoms with Crippen LogP contribution in [0.1, 0.15) is 30.0 Å². The summed E-state index contributed by atoms with van der Waals surface area (Å²) in [7, 11) is 3.33. The second-order valence-corrected chi connectivity index (χ2v) is 7.25. The number of methoxy groups -OCH3 is 2. The zero-order valence-corrected chi connectivity index (χ0v) is 14.4. The van der Waals surface area contributed by atoms with E-state index < -0.39 is 0 Å². The maximum absolute atomic E-state index is 12.3. The van der Waals surface area contributed by atoms with Crippen LogP contribution in [-0.2, 0) is 11.2 Å². The van der Waals surface area contributed by atoms with Gasteiger partial charge in [0, 0.05) is 0 Å². The second-order valence-electron chi connectivity index (χ2n) is 5.54. The van der Waals surface area contributed by atoms with Crippen LogP contribution >= 0.6 is 0 Å². The van der Waals surface area contributed by atoms with E-state index in [0.717, 1.165) is 30.9 Å². The number of rotatable bonds is 4. The Balaban J connectivity index is 2.05. The second kappa shape index (κ2) is 5.99. The zero-order chi connectivity index (χ0) is 15.0. The molecule has 1 aromatic rings. The standard InChI is InChI=1S/C16H21NO3Se/c1-19-14-8-10-7-13(16(18)21-3)17-6-4-5-12(17)11(10)9-15(14)20-2/h8-9,12-13H,4-7H2,1-3H3/t12-,13-/m1/s1. The zero-order valence-electron chi connectivity index (χ0n) is 12.7. The molecule has 0 aliphatic carbocycles. The van der Waals surface area contributed by atoms with Crippen LogP contribution in [-0.4, -0.2) is 51.3 Å². The number of fused-ring (bicyclic) bond motifs is 3. The Morgan fingerprint density at radius 1 is 1.29 bits per heavy atom. The molecule has 0 unspecified atom stereocenters. The van der Waals surface area contributed by atoms with Crippen molar-refractivity contribution in [3.8, 4) is 11.5 Å². The molecule has 2 heterocycles. The van der Waals surface area contributed by atoms with Crippen LogP contribution in [0.15, 0.2) is 12.1 Å². The van der Waals surface area contributed by atoms with Crippen molar-refractivity contribution in [3.63, 3.8) is 0 Å². The van der Waals surface area contributed by atoms with Gasteiger partial charge in [-0.3, -0.25) is 0 Å². The van der Waals surface area contributed by atoms with Gasteiger partial charge in [0.15, 0.2) is 0 Å². The van der Waals surface area contributed by atoms with E-state index in [-0.39, 0.29) is 21.0 Å². The van der Waals surface area contributed by atoms with E-state index in [1.807, 2.05) is 5.82 Å². The number of hydrogen-bond acceptors (Lipinski definition) is 4. The first-order chi connectivity index (χ1) is 10.2. The van der Waals surface area contributed by atoms with Gasteiger partial charge in [-0.1, -0.05) is 0 Å². The number of carbonyl (C=O) groups is 1. The number of ether oxygens (including phenoxy) is 2. The Morgan fingerprint density at radius 2 is 2.00 bits per heavy atom. The fourth-order valence-electron chi connectivity index (χ4n) is 3.60. The first-order valence-corrected chi connectivity index (χ1v) is 9.85. The summed E-state index contributed by atoms with van der Waals surface area (Å²) in [4.78, 5) is 14.7. The minimum absolute atomic E-state index is 0.0614. The quantitative estimate of drug-likeness (QED) is 0.776. The molecule has 0 saturated carbocycles. The molecule has 5 heteroatoms. The third-order valence-corrected chi connectivity index (χ3v) is 6.00. The predicted molar refractivity (Wildman–Crippen MR) is 82.3 cm³/mol. The summed E-state index contributed by atoms with van der Waals surface area (Å²) in [6.45, 7) is 1.03. The van der Waals surface area contributed by atoms with E-state index in [9.17, 15) is 4.79 Å². The van der Waals surface area contributed by atoms with Crippen LogP contribution in [0.2, 0.25) is 5.82 Å². The Kier molecular flexibility index (Phi) is 4.25. The predicted octanol–water partition coefficient (Wildman–Crippen LogP) is 2.04. The van der Waals surface area contributed by atoms with Gasteiger partial charge in [0.25, 0.3) is 0 Å². The summed E-state index contributed by atoms with van der Waals surface area (Å²) < 4.78 is 11.3. The van der Waals surface area contributed by atoms with Crippen LogP contribution in [0, 0.1) is 0 Å². The van der Waals surface area contributed by atoms with Crippen molar-refractivity contribution in [1.29, 1.82) is 0 Å². The molecule has 114 valence electrons. The Morgan fingerprint density at radius 3 is 2.67 bits per heavy atom. The Bertz CT molecular complexity index is 561. The van der Waals surface area contributed by atoms with Crippen LogP contribution in [0.3, 0.4) is 0 Å². The third kappa shape index (κ3) is 2.48. The molecule has 4 nitrogen and oxygen atoms in total. The minimum atomic E-state index is 0.0614. The van der Waals surface area contributed by atoms with Gasteiger partial charge in [0.05, 0.1) is 0 Å². The van der Waals surface area contributed by atoms with E-state index in [4.69, 9.17) is 9.47 Å². The Labute approximate surface area is 131 Å². The van der Waals surface area contributed by atoms with Crippen molar-refractivity contribution in [2.24, 2.45) is 0 Å². The van der Waals surface area contributed by atoms with E-state index in [0.29, 0.717) is 10.7 Å². The summed E-state index contributed by atoms with van der Waals surface area (Å²) in [5.74, 6) is 3.56. The molecule has 2 aliphatic heterocycles. The molecule has 0 bridgehead atoms. The van der Waals surface area contributed by atoms with E-state index in [2.05, 4.69) is 17.0 Å². The van der Waals surface area contributed by atoms with Crippen LogP contribution in [0.5, 0.6) is 11.5 Å². The molecule has 0 amide bonds. The molecule has 21 heavy (non-hydrogen) atoms. The van der Waals surface area contributed by atoms with Gasteiger partial charge in [-0.15, -0.1) is 0 Å². The average Bonchev–Trinajstić information content (AvgIpc) is 3.01. The molecular weight excluding hydrogens is 333 g/mol. The van der Waals surface area contributed by atoms with Crippen molar-refractivity contribution in [1.82, 2.24) is 4.90 Å². The fourth-order valence-corrected chi connectivity index (χ4v) is 4.63. The topological polar surface area (TPSA) is 38.8 Å². The molecule has 0 N–H and O–H groups in total. The molecule has 2 atom stereocenters. The summed E-state index contributed by atoms with van der Waals surface area (Å²) in [5.41, 5.74) is 2.57. The molecule has 1 fully saturated rings. The van der Waals surface area contributed by atoms with Gasteiger partial charge >= 0.3 is 131 Å². The normalized spacial score (nSPS) is 24.3. The number of nitrogens with zero attached hydrogens (tertiary/aromatic N) is 1. The number of carbonyl (C=O) groups excluding carboxylic acids is 1. The van der Waals surface area contributed by atoms with Crippen molar-refractivity contribution in [3.05, 3.63) is 23.3 Å². The fraction of sp³-hybridized carbons (Fsp3) is 0.562. The van der Waals surface area contributed by atoms with Gasteiger partial charge in [0.2, 0.25) is 0 Å². The molecule has 1 aromatic carbocycles. The van der Waals surface area contributed by atoms with E-state index in [1.165, 1.54) is 17.5 Å². The summed E-state index contributed by atoms with van der Waals surface area (Å²) in [6, 6.07) is 4.60. The molecule has 0 spiro atoms. The van der Waals surface area contributed by atoms with Crippen LogP contribution < -0.4 is 9.47 Å². The van der Waals surface area contributed by atoms with Crippen LogP contribution in [0.25, 0.3) is 0 Å². The SMILES string of the molecule is COc1cc2c(cc1OC)[C@H]1CCCN1[C@@H](C(=O)[Se]C)C2. The van der Waals surface area contributed by atoms with Crippen molar-refractivity contribution in [2.75, 3.05) is 20.8 Å². The van der Waals surface area contributed by atoms with Gasteiger partial charge in [0.1, 0.15) is 0 Å². The molecule has 0 aromatic heterocycles. The first-order valence-electron chi connectivity index (χ1n) is 7.28. The average molecular weight is 354 g/mol. The third-order valence-electron chi connectivity index (χ3n) is 4.59. The van der Waals surface area contributed by atoms with Gasteiger partial charge < -0.3 is 0 Å². The molecular formula is C16H21NO3Se. The summed E-state index contributed by atoms with van der Waals surface area (Å²) >= 11 is 0.0614. The molecule has 2 aliphatic rings. The maximum atomic E-state index is 12.3. The van der Waals surface area contributed by atoms with Gasteiger partial charge in [-0.05, 0) is 0 Å².